The normalized spacial score (nSPS) is 16.2. The van der Waals surface area contributed by atoms with Crippen LogP contribution in [-0.4, -0.2) is 46.3 Å². The lowest BCUT2D eigenvalue weighted by molar-refractivity contribution is -0.149. The molecular weight excluding hydrogens is 390 g/mol. The van der Waals surface area contributed by atoms with Gasteiger partial charge in [0.2, 0.25) is 0 Å². The third-order valence-electron chi connectivity index (χ3n) is 5.65. The summed E-state index contributed by atoms with van der Waals surface area (Å²) in [6, 6.07) is 17.8. The van der Waals surface area contributed by atoms with Gasteiger partial charge in [0.05, 0.1) is 19.1 Å². The molecule has 0 radical (unpaired) electrons. The van der Waals surface area contributed by atoms with Gasteiger partial charge < -0.3 is 9.64 Å². The Kier molecular flexibility index (Phi) is 6.46. The Morgan fingerprint density at radius 3 is 2.65 bits per heavy atom. The Morgan fingerprint density at radius 1 is 1.10 bits per heavy atom. The second kappa shape index (κ2) is 9.60. The molecule has 1 aliphatic heterocycles. The first kappa shape index (κ1) is 20.8. The van der Waals surface area contributed by atoms with Crippen molar-refractivity contribution in [3.63, 3.8) is 0 Å². The van der Waals surface area contributed by atoms with Crippen molar-refractivity contribution in [2.45, 2.75) is 26.3 Å². The molecule has 160 valence electrons. The lowest BCUT2D eigenvalue weighted by Crippen LogP contribution is -2.43. The highest BCUT2D eigenvalue weighted by Crippen LogP contribution is 2.27. The number of aromatic nitrogens is 2. The van der Waals surface area contributed by atoms with Crippen LogP contribution < -0.4 is 0 Å². The summed E-state index contributed by atoms with van der Waals surface area (Å²) in [6.45, 7) is 3.94. The highest BCUT2D eigenvalue weighted by Gasteiger charge is 2.30. The van der Waals surface area contributed by atoms with E-state index in [4.69, 9.17) is 4.74 Å². The number of piperidine rings is 1. The van der Waals surface area contributed by atoms with Crippen LogP contribution in [0.3, 0.4) is 0 Å². The Morgan fingerprint density at radius 2 is 1.90 bits per heavy atom. The van der Waals surface area contributed by atoms with E-state index in [1.165, 1.54) is 0 Å². The minimum Gasteiger partial charge on any atom is -0.466 e. The maximum Gasteiger partial charge on any atom is 0.310 e. The topological polar surface area (TPSA) is 64.4 Å². The van der Waals surface area contributed by atoms with E-state index in [1.807, 2.05) is 53.3 Å². The standard InChI is InChI=1S/C25H27N3O3/c1-2-31-25(30)21-7-5-15-27(18-21)24(29)23-9-4-3-8-22(23)20-12-10-19(11-13-20)17-28-16-6-14-26-28/h3-4,6,8-14,16,21H,2,5,7,15,17-18H2,1H3/t21-/m0/s1. The van der Waals surface area contributed by atoms with Gasteiger partial charge in [-0.25, -0.2) is 0 Å². The summed E-state index contributed by atoms with van der Waals surface area (Å²) in [5.74, 6) is -0.488. The van der Waals surface area contributed by atoms with Gasteiger partial charge in [-0.05, 0) is 48.6 Å². The SMILES string of the molecule is CCOC(=O)[C@H]1CCCN(C(=O)c2ccccc2-c2ccc(Cn3cccn3)cc2)C1. The molecule has 0 aliphatic carbocycles. The fourth-order valence-electron chi connectivity index (χ4n) is 4.08. The molecule has 0 N–H and O–H groups in total. The molecule has 0 saturated carbocycles. The fraction of sp³-hybridized carbons (Fsp3) is 0.320. The highest BCUT2D eigenvalue weighted by molar-refractivity contribution is 6.01. The van der Waals surface area contributed by atoms with Gasteiger partial charge in [0, 0.05) is 31.0 Å². The molecule has 1 fully saturated rings. The van der Waals surface area contributed by atoms with Crippen molar-refractivity contribution < 1.29 is 14.3 Å². The number of nitrogens with zero attached hydrogens (tertiary/aromatic N) is 3. The van der Waals surface area contributed by atoms with Crippen LogP contribution in [0.1, 0.15) is 35.7 Å². The first-order chi connectivity index (χ1) is 15.2. The van der Waals surface area contributed by atoms with Gasteiger partial charge in [-0.1, -0.05) is 42.5 Å². The van der Waals surface area contributed by atoms with Crippen molar-refractivity contribution >= 4 is 11.9 Å². The van der Waals surface area contributed by atoms with Crippen molar-refractivity contribution in [3.8, 4) is 11.1 Å². The summed E-state index contributed by atoms with van der Waals surface area (Å²) in [5.41, 5.74) is 3.69. The molecule has 6 heteroatoms. The van der Waals surface area contributed by atoms with Gasteiger partial charge in [-0.15, -0.1) is 0 Å². The summed E-state index contributed by atoms with van der Waals surface area (Å²) >= 11 is 0. The van der Waals surface area contributed by atoms with Crippen LogP contribution in [0.2, 0.25) is 0 Å². The molecule has 3 aromatic rings. The second-order valence-corrected chi connectivity index (χ2v) is 7.79. The molecule has 0 unspecified atom stereocenters. The van der Waals surface area contributed by atoms with Gasteiger partial charge in [0.25, 0.3) is 5.91 Å². The minimum atomic E-state index is -0.244. The lowest BCUT2D eigenvalue weighted by Gasteiger charge is -2.32. The van der Waals surface area contributed by atoms with Crippen LogP contribution in [0.4, 0.5) is 0 Å². The molecule has 0 bridgehead atoms. The Hall–Kier alpha value is -3.41. The van der Waals surface area contributed by atoms with E-state index in [9.17, 15) is 9.59 Å². The molecule has 4 rings (SSSR count). The summed E-state index contributed by atoms with van der Waals surface area (Å²) in [4.78, 5) is 27.3. The Balaban J connectivity index is 1.53. The molecule has 31 heavy (non-hydrogen) atoms. The van der Waals surface area contributed by atoms with E-state index < -0.39 is 0 Å². The van der Waals surface area contributed by atoms with E-state index in [2.05, 4.69) is 17.2 Å². The van der Waals surface area contributed by atoms with Gasteiger partial charge in [0.15, 0.2) is 0 Å². The number of carbonyl (C=O) groups excluding carboxylic acids is 2. The van der Waals surface area contributed by atoms with Crippen molar-refractivity contribution in [3.05, 3.63) is 78.1 Å². The molecule has 1 aromatic heterocycles. The van der Waals surface area contributed by atoms with Crippen LogP contribution in [0, 0.1) is 5.92 Å². The van der Waals surface area contributed by atoms with Crippen LogP contribution in [-0.2, 0) is 16.1 Å². The largest absolute Gasteiger partial charge is 0.466 e. The van der Waals surface area contributed by atoms with Gasteiger partial charge >= 0.3 is 5.97 Å². The zero-order chi connectivity index (χ0) is 21.6. The van der Waals surface area contributed by atoms with Gasteiger partial charge in [-0.3, -0.25) is 14.3 Å². The van der Waals surface area contributed by atoms with Crippen molar-refractivity contribution in [1.29, 1.82) is 0 Å². The van der Waals surface area contributed by atoms with Crippen LogP contribution in [0.15, 0.2) is 67.0 Å². The average Bonchev–Trinajstić information content (AvgIpc) is 3.32. The van der Waals surface area contributed by atoms with E-state index in [-0.39, 0.29) is 17.8 Å². The number of hydrogen-bond acceptors (Lipinski definition) is 4. The Bertz CT molecular complexity index is 1030. The molecule has 1 aliphatic rings. The molecule has 2 aromatic carbocycles. The first-order valence-electron chi connectivity index (χ1n) is 10.8. The van der Waals surface area contributed by atoms with E-state index in [1.54, 1.807) is 18.0 Å². The summed E-state index contributed by atoms with van der Waals surface area (Å²) in [7, 11) is 0. The average molecular weight is 418 g/mol. The predicted octanol–water partition coefficient (Wildman–Crippen LogP) is 4.01. The smallest absolute Gasteiger partial charge is 0.310 e. The molecule has 0 spiro atoms. The molecule has 1 atom stereocenters. The molecule has 6 nitrogen and oxygen atoms in total. The number of rotatable bonds is 6. The maximum absolute atomic E-state index is 13.4. The monoisotopic (exact) mass is 417 g/mol. The first-order valence-corrected chi connectivity index (χ1v) is 10.8. The molecule has 1 saturated heterocycles. The number of likely N-dealkylation sites (tertiary alicyclic amines) is 1. The van der Waals surface area contributed by atoms with Crippen LogP contribution >= 0.6 is 0 Å². The fourth-order valence-corrected chi connectivity index (χ4v) is 4.08. The number of benzene rings is 2. The number of ether oxygens (including phenoxy) is 1. The molecular formula is C25H27N3O3. The van der Waals surface area contributed by atoms with E-state index in [0.717, 1.165) is 29.5 Å². The number of carbonyl (C=O) groups is 2. The number of esters is 1. The Labute approximate surface area is 182 Å². The van der Waals surface area contributed by atoms with Crippen molar-refractivity contribution in [2.75, 3.05) is 19.7 Å². The van der Waals surface area contributed by atoms with E-state index in [0.29, 0.717) is 31.8 Å². The predicted molar refractivity (Wildman–Crippen MR) is 118 cm³/mol. The third kappa shape index (κ3) is 4.85. The zero-order valence-corrected chi connectivity index (χ0v) is 17.7. The van der Waals surface area contributed by atoms with Crippen molar-refractivity contribution in [1.82, 2.24) is 14.7 Å². The number of amides is 1. The van der Waals surface area contributed by atoms with Gasteiger partial charge in [0.1, 0.15) is 0 Å². The van der Waals surface area contributed by atoms with E-state index >= 15 is 0 Å². The minimum absolute atomic E-state index is 0.0368. The third-order valence-corrected chi connectivity index (χ3v) is 5.65. The second-order valence-electron chi connectivity index (χ2n) is 7.79. The highest BCUT2D eigenvalue weighted by atomic mass is 16.5. The molecule has 2 heterocycles. The zero-order valence-electron chi connectivity index (χ0n) is 17.7. The summed E-state index contributed by atoms with van der Waals surface area (Å²) in [6.07, 6.45) is 5.27. The maximum atomic E-state index is 13.4. The van der Waals surface area contributed by atoms with Crippen molar-refractivity contribution in [2.24, 2.45) is 5.92 Å². The lowest BCUT2D eigenvalue weighted by atomic mass is 9.95. The number of hydrogen-bond donors (Lipinski definition) is 0. The quantitative estimate of drug-likeness (QED) is 0.569. The van der Waals surface area contributed by atoms with Gasteiger partial charge in [-0.2, -0.15) is 5.10 Å². The van der Waals surface area contributed by atoms with Crippen LogP contribution in [0.5, 0.6) is 0 Å². The summed E-state index contributed by atoms with van der Waals surface area (Å²) < 4.78 is 7.05. The molecule has 1 amide bonds. The summed E-state index contributed by atoms with van der Waals surface area (Å²) in [5, 5.41) is 4.24. The van der Waals surface area contributed by atoms with Crippen LogP contribution in [0.25, 0.3) is 11.1 Å².